The summed E-state index contributed by atoms with van der Waals surface area (Å²) in [6.45, 7) is 0.350. The first kappa shape index (κ1) is 15.6. The Balaban J connectivity index is 2.23. The predicted molar refractivity (Wildman–Crippen MR) is 72.8 cm³/mol. The molecule has 1 saturated carbocycles. The van der Waals surface area contributed by atoms with Crippen LogP contribution < -0.4 is 4.90 Å². The molecule has 1 N–H and O–H groups in total. The Morgan fingerprint density at radius 1 is 1.33 bits per heavy atom. The van der Waals surface area contributed by atoms with Crippen LogP contribution in [0.25, 0.3) is 0 Å². The summed E-state index contributed by atoms with van der Waals surface area (Å²) >= 11 is 0. The van der Waals surface area contributed by atoms with Crippen LogP contribution in [0.5, 0.6) is 0 Å². The molecule has 1 fully saturated rings. The van der Waals surface area contributed by atoms with Gasteiger partial charge in [0.2, 0.25) is 0 Å². The normalized spacial score (nSPS) is 17.5. The molecule has 1 aromatic rings. The third-order valence-electron chi connectivity index (χ3n) is 3.94. The van der Waals surface area contributed by atoms with E-state index in [-0.39, 0.29) is 0 Å². The number of alkyl halides is 3. The van der Waals surface area contributed by atoms with Gasteiger partial charge in [-0.15, -0.1) is 0 Å². The highest BCUT2D eigenvalue weighted by Crippen LogP contribution is 2.35. The van der Waals surface area contributed by atoms with Crippen LogP contribution in [-0.2, 0) is 6.18 Å². The minimum absolute atomic E-state index is 0.350. The zero-order valence-electron chi connectivity index (χ0n) is 11.7. The third-order valence-corrected chi connectivity index (χ3v) is 3.94. The van der Waals surface area contributed by atoms with E-state index < -0.39 is 22.9 Å². The van der Waals surface area contributed by atoms with Gasteiger partial charge in [-0.2, -0.15) is 18.4 Å². The number of likely N-dealkylation sites (N-methyl/N-ethyl adjacent to an activating group) is 1. The van der Waals surface area contributed by atoms with Crippen molar-refractivity contribution >= 4 is 5.69 Å². The van der Waals surface area contributed by atoms with Gasteiger partial charge in [0.05, 0.1) is 22.8 Å². The second-order valence-corrected chi connectivity index (χ2v) is 5.63. The predicted octanol–water partition coefficient (Wildman–Crippen LogP) is 3.32. The summed E-state index contributed by atoms with van der Waals surface area (Å²) in [4.78, 5) is 1.70. The molecule has 21 heavy (non-hydrogen) atoms. The van der Waals surface area contributed by atoms with Crippen molar-refractivity contribution in [2.45, 2.75) is 37.5 Å². The number of hydrogen-bond donors (Lipinski definition) is 1. The average molecular weight is 298 g/mol. The van der Waals surface area contributed by atoms with Crippen LogP contribution >= 0.6 is 0 Å². The van der Waals surface area contributed by atoms with Gasteiger partial charge in [-0.05, 0) is 31.0 Å². The molecule has 0 atom stereocenters. The van der Waals surface area contributed by atoms with Crippen molar-refractivity contribution in [3.8, 4) is 6.07 Å². The summed E-state index contributed by atoms with van der Waals surface area (Å²) < 4.78 is 38.3. The summed E-state index contributed by atoms with van der Waals surface area (Å²) in [5.74, 6) is 0. The Labute approximate surface area is 121 Å². The molecule has 0 saturated heterocycles. The minimum Gasteiger partial charge on any atom is -0.388 e. The van der Waals surface area contributed by atoms with Crippen LogP contribution in [-0.4, -0.2) is 24.3 Å². The van der Waals surface area contributed by atoms with Crippen molar-refractivity contribution < 1.29 is 18.3 Å². The van der Waals surface area contributed by atoms with Crippen molar-refractivity contribution in [2.75, 3.05) is 18.5 Å². The summed E-state index contributed by atoms with van der Waals surface area (Å²) in [5.41, 5.74) is -1.61. The van der Waals surface area contributed by atoms with Gasteiger partial charge in [-0.1, -0.05) is 12.8 Å². The zero-order valence-corrected chi connectivity index (χ0v) is 11.7. The fourth-order valence-corrected chi connectivity index (χ4v) is 2.83. The van der Waals surface area contributed by atoms with Crippen LogP contribution in [0.3, 0.4) is 0 Å². The van der Waals surface area contributed by atoms with E-state index in [1.807, 2.05) is 0 Å². The standard InChI is InChI=1S/C15H17F3N2O/c1-20(10-14(21)6-2-3-7-14)12-4-5-13(15(16,17)18)11(8-12)9-19/h4-5,8,21H,2-3,6-7,10H2,1H3. The van der Waals surface area contributed by atoms with E-state index in [0.717, 1.165) is 18.9 Å². The molecule has 2 rings (SSSR count). The number of nitrogens with zero attached hydrogens (tertiary/aromatic N) is 2. The maximum absolute atomic E-state index is 12.8. The monoisotopic (exact) mass is 298 g/mol. The highest BCUT2D eigenvalue weighted by Gasteiger charge is 2.35. The Bertz CT molecular complexity index is 557. The summed E-state index contributed by atoms with van der Waals surface area (Å²) in [5, 5.41) is 19.3. The number of nitriles is 1. The molecule has 0 unspecified atom stereocenters. The van der Waals surface area contributed by atoms with Gasteiger partial charge in [0.1, 0.15) is 0 Å². The van der Waals surface area contributed by atoms with Crippen LogP contribution in [0.15, 0.2) is 18.2 Å². The first-order valence-electron chi connectivity index (χ1n) is 6.80. The molecule has 114 valence electrons. The molecule has 1 aliphatic rings. The molecule has 0 heterocycles. The maximum Gasteiger partial charge on any atom is 0.417 e. The molecular formula is C15H17F3N2O. The number of rotatable bonds is 3. The van der Waals surface area contributed by atoms with E-state index in [9.17, 15) is 18.3 Å². The molecule has 0 aromatic heterocycles. The first-order chi connectivity index (χ1) is 9.75. The second kappa shape index (κ2) is 5.57. The lowest BCUT2D eigenvalue weighted by Gasteiger charge is -2.30. The Morgan fingerprint density at radius 3 is 2.48 bits per heavy atom. The van der Waals surface area contributed by atoms with Gasteiger partial charge in [0, 0.05) is 19.3 Å². The quantitative estimate of drug-likeness (QED) is 0.931. The van der Waals surface area contributed by atoms with Gasteiger partial charge in [-0.25, -0.2) is 0 Å². The molecule has 0 aliphatic heterocycles. The first-order valence-corrected chi connectivity index (χ1v) is 6.80. The van der Waals surface area contributed by atoms with Gasteiger partial charge in [-0.3, -0.25) is 0 Å². The van der Waals surface area contributed by atoms with Crippen molar-refractivity contribution in [2.24, 2.45) is 0 Å². The van der Waals surface area contributed by atoms with E-state index in [4.69, 9.17) is 5.26 Å². The van der Waals surface area contributed by atoms with Crippen LogP contribution in [0, 0.1) is 11.3 Å². The van der Waals surface area contributed by atoms with Gasteiger partial charge >= 0.3 is 6.18 Å². The molecule has 0 amide bonds. The summed E-state index contributed by atoms with van der Waals surface area (Å²) in [7, 11) is 1.71. The number of aliphatic hydroxyl groups is 1. The summed E-state index contributed by atoms with van der Waals surface area (Å²) in [6, 6.07) is 5.07. The maximum atomic E-state index is 12.8. The van der Waals surface area contributed by atoms with E-state index >= 15 is 0 Å². The molecular weight excluding hydrogens is 281 g/mol. The fraction of sp³-hybridized carbons (Fsp3) is 0.533. The third kappa shape index (κ3) is 3.48. The Morgan fingerprint density at radius 2 is 1.95 bits per heavy atom. The number of halogens is 3. The lowest BCUT2D eigenvalue weighted by molar-refractivity contribution is -0.137. The Kier molecular flexibility index (Phi) is 4.15. The SMILES string of the molecule is CN(CC1(O)CCCC1)c1ccc(C(F)(F)F)c(C#N)c1. The molecule has 6 heteroatoms. The second-order valence-electron chi connectivity index (χ2n) is 5.63. The minimum atomic E-state index is -4.54. The van der Waals surface area contributed by atoms with E-state index in [2.05, 4.69) is 0 Å². The number of benzene rings is 1. The highest BCUT2D eigenvalue weighted by atomic mass is 19.4. The van der Waals surface area contributed by atoms with Crippen molar-refractivity contribution in [3.05, 3.63) is 29.3 Å². The zero-order chi connectivity index (χ0) is 15.7. The van der Waals surface area contributed by atoms with Crippen molar-refractivity contribution in [1.82, 2.24) is 0 Å². The molecule has 0 bridgehead atoms. The number of anilines is 1. The van der Waals surface area contributed by atoms with E-state index in [1.165, 1.54) is 12.1 Å². The van der Waals surface area contributed by atoms with Gasteiger partial charge in [0.15, 0.2) is 0 Å². The highest BCUT2D eigenvalue weighted by molar-refractivity contribution is 5.55. The van der Waals surface area contributed by atoms with E-state index in [0.29, 0.717) is 25.1 Å². The molecule has 3 nitrogen and oxygen atoms in total. The van der Waals surface area contributed by atoms with Crippen LogP contribution in [0.4, 0.5) is 18.9 Å². The van der Waals surface area contributed by atoms with Crippen LogP contribution in [0.1, 0.15) is 36.8 Å². The molecule has 1 aliphatic carbocycles. The molecule has 0 radical (unpaired) electrons. The lowest BCUT2D eigenvalue weighted by atomic mass is 10.0. The van der Waals surface area contributed by atoms with Gasteiger partial charge in [0.25, 0.3) is 0 Å². The largest absolute Gasteiger partial charge is 0.417 e. The number of hydrogen-bond acceptors (Lipinski definition) is 3. The van der Waals surface area contributed by atoms with Crippen molar-refractivity contribution in [1.29, 1.82) is 5.26 Å². The topological polar surface area (TPSA) is 47.3 Å². The van der Waals surface area contributed by atoms with E-state index in [1.54, 1.807) is 18.0 Å². The molecule has 0 spiro atoms. The van der Waals surface area contributed by atoms with Crippen LogP contribution in [0.2, 0.25) is 0 Å². The van der Waals surface area contributed by atoms with Crippen molar-refractivity contribution in [3.63, 3.8) is 0 Å². The molecule has 1 aromatic carbocycles. The Hall–Kier alpha value is -1.74. The fourth-order valence-electron chi connectivity index (χ4n) is 2.83. The lowest BCUT2D eigenvalue weighted by Crippen LogP contribution is -2.39. The smallest absolute Gasteiger partial charge is 0.388 e. The average Bonchev–Trinajstić information content (AvgIpc) is 2.83. The summed E-state index contributed by atoms with van der Waals surface area (Å²) in [6.07, 6.45) is -1.22. The van der Waals surface area contributed by atoms with Gasteiger partial charge < -0.3 is 10.0 Å².